The Hall–Kier alpha value is -3.67. The quantitative estimate of drug-likeness (QED) is 0.375. The molecule has 11 nitrogen and oxygen atoms in total. The van der Waals surface area contributed by atoms with Gasteiger partial charge in [0.05, 0.1) is 18.3 Å². The van der Waals surface area contributed by atoms with E-state index in [4.69, 9.17) is 4.74 Å². The van der Waals surface area contributed by atoms with E-state index in [1.54, 1.807) is 52.0 Å². The summed E-state index contributed by atoms with van der Waals surface area (Å²) in [5.74, 6) is -1.05. The Kier molecular flexibility index (Phi) is 9.03. The first-order valence-electron chi connectivity index (χ1n) is 11.1. The zero-order valence-corrected chi connectivity index (χ0v) is 22.0. The van der Waals surface area contributed by atoms with E-state index in [-0.39, 0.29) is 23.7 Å². The molecule has 12 heteroatoms. The molecule has 0 aliphatic heterocycles. The molecule has 0 aliphatic rings. The van der Waals surface area contributed by atoms with E-state index >= 15 is 0 Å². The van der Waals surface area contributed by atoms with Crippen molar-refractivity contribution in [3.05, 3.63) is 64.2 Å². The Morgan fingerprint density at radius 3 is 2.25 bits per heavy atom. The fraction of sp³-hybridized carbons (Fsp3) is 0.417. The lowest BCUT2D eigenvalue weighted by molar-refractivity contribution is -0.384. The van der Waals surface area contributed by atoms with Crippen molar-refractivity contribution in [1.29, 1.82) is 0 Å². The van der Waals surface area contributed by atoms with Crippen LogP contribution in [0, 0.1) is 10.1 Å². The lowest BCUT2D eigenvalue weighted by Crippen LogP contribution is -2.54. The minimum Gasteiger partial charge on any atom is -0.495 e. The van der Waals surface area contributed by atoms with Gasteiger partial charge in [-0.05, 0) is 39.3 Å². The number of carbonyl (C=O) groups is 2. The van der Waals surface area contributed by atoms with Crippen LogP contribution in [-0.4, -0.2) is 61.5 Å². The third-order valence-electron chi connectivity index (χ3n) is 5.18. The first-order chi connectivity index (χ1) is 16.6. The third kappa shape index (κ3) is 7.67. The SMILES string of the molecule is COc1ccc([N+](=O)[O-])cc1N(CC(=O)N(Cc1ccccc1)C(C)C(=O)NC(C)(C)C)S(C)(=O)=O. The van der Waals surface area contributed by atoms with E-state index in [2.05, 4.69) is 5.32 Å². The smallest absolute Gasteiger partial charge is 0.271 e. The number of nitro groups is 1. The molecule has 0 radical (unpaired) electrons. The van der Waals surface area contributed by atoms with Crippen LogP contribution in [-0.2, 0) is 26.2 Å². The van der Waals surface area contributed by atoms with E-state index in [0.717, 1.165) is 22.2 Å². The van der Waals surface area contributed by atoms with Crippen LogP contribution in [0.3, 0.4) is 0 Å². The van der Waals surface area contributed by atoms with E-state index in [1.165, 1.54) is 24.1 Å². The first-order valence-corrected chi connectivity index (χ1v) is 12.9. The van der Waals surface area contributed by atoms with Gasteiger partial charge in [0.15, 0.2) is 0 Å². The minimum atomic E-state index is -4.09. The van der Waals surface area contributed by atoms with Crippen molar-refractivity contribution in [3.8, 4) is 5.75 Å². The highest BCUT2D eigenvalue weighted by Gasteiger charge is 2.32. The maximum Gasteiger partial charge on any atom is 0.271 e. The number of non-ortho nitro benzene ring substituents is 1. The zero-order valence-electron chi connectivity index (χ0n) is 21.2. The van der Waals surface area contributed by atoms with Crippen LogP contribution < -0.4 is 14.4 Å². The monoisotopic (exact) mass is 520 g/mol. The molecule has 0 aromatic heterocycles. The van der Waals surface area contributed by atoms with Crippen molar-refractivity contribution in [3.63, 3.8) is 0 Å². The van der Waals surface area contributed by atoms with Crippen LogP contribution in [0.1, 0.15) is 33.3 Å². The number of methoxy groups -OCH3 is 1. The van der Waals surface area contributed by atoms with Crippen molar-refractivity contribution in [1.82, 2.24) is 10.2 Å². The van der Waals surface area contributed by atoms with Gasteiger partial charge in [0.25, 0.3) is 5.69 Å². The summed E-state index contributed by atoms with van der Waals surface area (Å²) in [7, 11) is -2.80. The Morgan fingerprint density at radius 2 is 1.75 bits per heavy atom. The van der Waals surface area contributed by atoms with Gasteiger partial charge in [-0.25, -0.2) is 8.42 Å². The highest BCUT2D eigenvalue weighted by atomic mass is 32.2. The molecule has 1 atom stereocenters. The van der Waals surface area contributed by atoms with Crippen molar-refractivity contribution in [2.75, 3.05) is 24.2 Å². The Labute approximate surface area is 211 Å². The summed E-state index contributed by atoms with van der Waals surface area (Å²) >= 11 is 0. The second-order valence-electron chi connectivity index (χ2n) is 9.31. The van der Waals surface area contributed by atoms with Gasteiger partial charge in [0.1, 0.15) is 24.0 Å². The Bertz CT molecular complexity index is 1210. The maximum atomic E-state index is 13.6. The maximum absolute atomic E-state index is 13.6. The fourth-order valence-electron chi connectivity index (χ4n) is 3.42. The average molecular weight is 521 g/mol. The first kappa shape index (κ1) is 28.6. The molecule has 2 rings (SSSR count). The van der Waals surface area contributed by atoms with Gasteiger partial charge in [0, 0.05) is 24.2 Å². The largest absolute Gasteiger partial charge is 0.495 e. The van der Waals surface area contributed by atoms with E-state index in [0.29, 0.717) is 0 Å². The van der Waals surface area contributed by atoms with Crippen molar-refractivity contribution in [2.45, 2.75) is 45.8 Å². The number of nitrogens with zero attached hydrogens (tertiary/aromatic N) is 3. The summed E-state index contributed by atoms with van der Waals surface area (Å²) in [4.78, 5) is 38.4. The van der Waals surface area contributed by atoms with Gasteiger partial charge in [-0.1, -0.05) is 30.3 Å². The molecule has 0 heterocycles. The number of sulfonamides is 1. The molecule has 0 saturated heterocycles. The normalized spacial score (nSPS) is 12.4. The lowest BCUT2D eigenvalue weighted by atomic mass is 10.1. The molecule has 2 aromatic rings. The molecule has 0 aliphatic carbocycles. The number of hydrogen-bond donors (Lipinski definition) is 1. The predicted octanol–water partition coefficient (Wildman–Crippen LogP) is 2.70. The zero-order chi connectivity index (χ0) is 27.3. The third-order valence-corrected chi connectivity index (χ3v) is 6.31. The number of hydrogen-bond acceptors (Lipinski definition) is 7. The molecule has 0 saturated carbocycles. The molecular formula is C24H32N4O7S. The number of rotatable bonds is 10. The fourth-order valence-corrected chi connectivity index (χ4v) is 4.26. The van der Waals surface area contributed by atoms with Crippen molar-refractivity contribution < 1.29 is 27.7 Å². The number of amides is 2. The standard InChI is InChI=1S/C24H32N4O7S/c1-17(23(30)25-24(2,3)4)26(15-18-10-8-7-9-11-18)22(29)16-27(36(6,33)34)20-14-19(28(31)32)12-13-21(20)35-5/h7-14,17H,15-16H2,1-6H3,(H,25,30). The summed E-state index contributed by atoms with van der Waals surface area (Å²) in [6, 6.07) is 11.5. The molecule has 0 spiro atoms. The van der Waals surface area contributed by atoms with E-state index < -0.39 is 44.9 Å². The van der Waals surface area contributed by atoms with E-state index in [1.807, 2.05) is 6.07 Å². The number of benzene rings is 2. The van der Waals surface area contributed by atoms with Gasteiger partial charge in [-0.3, -0.25) is 24.0 Å². The summed E-state index contributed by atoms with van der Waals surface area (Å²) in [5.41, 5.74) is -0.345. The van der Waals surface area contributed by atoms with Crippen LogP contribution in [0.15, 0.2) is 48.5 Å². The topological polar surface area (TPSA) is 139 Å². The molecule has 36 heavy (non-hydrogen) atoms. The second kappa shape index (κ2) is 11.4. The Morgan fingerprint density at radius 1 is 1.14 bits per heavy atom. The summed E-state index contributed by atoms with van der Waals surface area (Å²) in [6.45, 7) is 6.32. The second-order valence-corrected chi connectivity index (χ2v) is 11.2. The molecule has 1 N–H and O–H groups in total. The van der Waals surface area contributed by atoms with E-state index in [9.17, 15) is 28.1 Å². The van der Waals surface area contributed by atoms with Crippen molar-refractivity contribution in [2.24, 2.45) is 0 Å². The minimum absolute atomic E-state index is 0.0342. The average Bonchev–Trinajstić information content (AvgIpc) is 2.78. The number of ether oxygens (including phenoxy) is 1. The number of nitrogens with one attached hydrogen (secondary N) is 1. The van der Waals surface area contributed by atoms with Gasteiger partial charge in [-0.2, -0.15) is 0 Å². The highest BCUT2D eigenvalue weighted by molar-refractivity contribution is 7.92. The summed E-state index contributed by atoms with van der Waals surface area (Å²) in [5, 5.41) is 14.1. The van der Waals surface area contributed by atoms with Gasteiger partial charge >= 0.3 is 0 Å². The van der Waals surface area contributed by atoms with Crippen LogP contribution in [0.4, 0.5) is 11.4 Å². The Balaban J connectivity index is 2.51. The molecule has 2 aromatic carbocycles. The molecule has 196 valence electrons. The number of anilines is 1. The van der Waals surface area contributed by atoms with Crippen LogP contribution in [0.2, 0.25) is 0 Å². The summed E-state index contributed by atoms with van der Waals surface area (Å²) < 4.78 is 31.4. The number of carbonyl (C=O) groups excluding carboxylic acids is 2. The molecular weight excluding hydrogens is 488 g/mol. The van der Waals surface area contributed by atoms with Gasteiger partial charge in [0.2, 0.25) is 21.8 Å². The molecule has 1 unspecified atom stereocenters. The highest BCUT2D eigenvalue weighted by Crippen LogP contribution is 2.33. The molecule has 0 fully saturated rings. The van der Waals surface area contributed by atoms with Crippen LogP contribution in [0.5, 0.6) is 5.75 Å². The number of nitro benzene ring substituents is 1. The predicted molar refractivity (Wildman–Crippen MR) is 136 cm³/mol. The lowest BCUT2D eigenvalue weighted by Gasteiger charge is -2.33. The van der Waals surface area contributed by atoms with Crippen LogP contribution >= 0.6 is 0 Å². The molecule has 2 amide bonds. The van der Waals surface area contributed by atoms with Gasteiger partial charge in [-0.15, -0.1) is 0 Å². The van der Waals surface area contributed by atoms with Crippen LogP contribution in [0.25, 0.3) is 0 Å². The van der Waals surface area contributed by atoms with Gasteiger partial charge < -0.3 is 15.0 Å². The summed E-state index contributed by atoms with van der Waals surface area (Å²) in [6.07, 6.45) is 0.885. The van der Waals surface area contributed by atoms with Crippen molar-refractivity contribution >= 4 is 33.2 Å². The molecule has 0 bridgehead atoms.